The largest absolute Gasteiger partial charge is 0.478 e. The number of hydrogen-bond acceptors (Lipinski definition) is 4. The van der Waals surface area contributed by atoms with Gasteiger partial charge in [-0.25, -0.2) is 9.78 Å². The molecule has 104 valence electrons. The molecule has 1 aliphatic carbocycles. The van der Waals surface area contributed by atoms with Crippen molar-refractivity contribution in [2.24, 2.45) is 0 Å². The van der Waals surface area contributed by atoms with E-state index in [1.807, 2.05) is 17.0 Å². The van der Waals surface area contributed by atoms with Crippen LogP contribution in [0, 0.1) is 6.92 Å². The van der Waals surface area contributed by atoms with Gasteiger partial charge in [-0.15, -0.1) is 0 Å². The lowest BCUT2D eigenvalue weighted by Crippen LogP contribution is -2.28. The monoisotopic (exact) mass is 272 g/mol. The van der Waals surface area contributed by atoms with Crippen LogP contribution in [0.1, 0.15) is 34.5 Å². The van der Waals surface area contributed by atoms with Crippen LogP contribution in [-0.2, 0) is 6.54 Å². The molecule has 0 atom stereocenters. The molecular formula is C15H16N2O3. The lowest BCUT2D eigenvalue weighted by Gasteiger charge is -2.24. The van der Waals surface area contributed by atoms with Crippen LogP contribution in [0.2, 0.25) is 0 Å². The van der Waals surface area contributed by atoms with Gasteiger partial charge < -0.3 is 14.4 Å². The van der Waals surface area contributed by atoms with Crippen molar-refractivity contribution in [1.82, 2.24) is 4.98 Å². The number of rotatable bonds is 5. The second-order valence-electron chi connectivity index (χ2n) is 5.07. The van der Waals surface area contributed by atoms with Crippen LogP contribution in [0.15, 0.2) is 35.1 Å². The van der Waals surface area contributed by atoms with E-state index >= 15 is 0 Å². The van der Waals surface area contributed by atoms with Gasteiger partial charge in [-0.05, 0) is 43.5 Å². The number of aryl methyl sites for hydroxylation is 1. The second kappa shape index (κ2) is 5.00. The molecule has 3 rings (SSSR count). The van der Waals surface area contributed by atoms with Crippen molar-refractivity contribution in [3.63, 3.8) is 0 Å². The van der Waals surface area contributed by atoms with E-state index in [-0.39, 0.29) is 5.56 Å². The van der Waals surface area contributed by atoms with Crippen molar-refractivity contribution in [2.75, 3.05) is 4.90 Å². The van der Waals surface area contributed by atoms with Gasteiger partial charge >= 0.3 is 5.97 Å². The number of aromatic nitrogens is 1. The molecule has 0 radical (unpaired) electrons. The Hall–Kier alpha value is -2.30. The number of hydrogen-bond donors (Lipinski definition) is 1. The maximum absolute atomic E-state index is 11.5. The van der Waals surface area contributed by atoms with Gasteiger partial charge in [0.15, 0.2) is 0 Å². The minimum Gasteiger partial charge on any atom is -0.478 e. The number of nitrogens with zero attached hydrogens (tertiary/aromatic N) is 2. The molecular weight excluding hydrogens is 256 g/mol. The Balaban J connectivity index is 1.99. The first-order valence-electron chi connectivity index (χ1n) is 6.64. The molecule has 5 nitrogen and oxygen atoms in total. The number of carboxylic acids is 1. The second-order valence-corrected chi connectivity index (χ2v) is 5.07. The van der Waals surface area contributed by atoms with E-state index in [2.05, 4.69) is 4.98 Å². The van der Waals surface area contributed by atoms with E-state index < -0.39 is 5.97 Å². The highest BCUT2D eigenvalue weighted by atomic mass is 16.4. The number of furan rings is 1. The van der Waals surface area contributed by atoms with Crippen LogP contribution in [0.25, 0.3) is 0 Å². The first kappa shape index (κ1) is 12.7. The third-order valence-corrected chi connectivity index (χ3v) is 3.52. The summed E-state index contributed by atoms with van der Waals surface area (Å²) >= 11 is 0. The van der Waals surface area contributed by atoms with Gasteiger partial charge in [-0.3, -0.25) is 0 Å². The van der Waals surface area contributed by atoms with E-state index in [0.717, 1.165) is 24.2 Å². The zero-order valence-corrected chi connectivity index (χ0v) is 11.2. The van der Waals surface area contributed by atoms with Crippen molar-refractivity contribution in [3.8, 4) is 0 Å². The smallest absolute Gasteiger partial charge is 0.339 e. The number of carboxylic acid groups (broad SMARTS) is 1. The molecule has 2 heterocycles. The van der Waals surface area contributed by atoms with Crippen LogP contribution in [-0.4, -0.2) is 22.1 Å². The highest BCUT2D eigenvalue weighted by Crippen LogP contribution is 2.34. The number of aromatic carboxylic acids is 1. The van der Waals surface area contributed by atoms with Gasteiger partial charge in [0, 0.05) is 12.2 Å². The Kier molecular flexibility index (Phi) is 3.18. The molecule has 0 bridgehead atoms. The molecule has 20 heavy (non-hydrogen) atoms. The van der Waals surface area contributed by atoms with E-state index in [9.17, 15) is 9.90 Å². The highest BCUT2D eigenvalue weighted by Gasteiger charge is 2.33. The fourth-order valence-electron chi connectivity index (χ4n) is 2.36. The summed E-state index contributed by atoms with van der Waals surface area (Å²) in [4.78, 5) is 17.8. The molecule has 0 aromatic carbocycles. The third-order valence-electron chi connectivity index (χ3n) is 3.52. The summed E-state index contributed by atoms with van der Waals surface area (Å²) in [7, 11) is 0. The fraction of sp³-hybridized carbons (Fsp3) is 0.333. The summed E-state index contributed by atoms with van der Waals surface area (Å²) in [5.74, 6) is 0.420. The van der Waals surface area contributed by atoms with E-state index in [0.29, 0.717) is 18.4 Å². The number of carbonyl (C=O) groups is 1. The van der Waals surface area contributed by atoms with Crippen LogP contribution in [0.4, 0.5) is 5.82 Å². The molecule has 0 spiro atoms. The van der Waals surface area contributed by atoms with Gasteiger partial charge in [0.2, 0.25) is 0 Å². The van der Waals surface area contributed by atoms with Gasteiger partial charge in [0.25, 0.3) is 0 Å². The van der Waals surface area contributed by atoms with Crippen molar-refractivity contribution >= 4 is 11.8 Å². The van der Waals surface area contributed by atoms with Crippen LogP contribution in [0.3, 0.4) is 0 Å². The van der Waals surface area contributed by atoms with E-state index in [1.54, 1.807) is 25.5 Å². The van der Waals surface area contributed by atoms with Gasteiger partial charge in [-0.1, -0.05) is 0 Å². The lowest BCUT2D eigenvalue weighted by atomic mass is 10.1. The third kappa shape index (κ3) is 2.39. The van der Waals surface area contributed by atoms with Gasteiger partial charge in [0.1, 0.15) is 17.1 Å². The number of anilines is 1. The average molecular weight is 272 g/mol. The Labute approximate surface area is 116 Å². The summed E-state index contributed by atoms with van der Waals surface area (Å²) in [6.07, 6.45) is 5.42. The Morgan fingerprint density at radius 1 is 1.50 bits per heavy atom. The molecule has 0 aliphatic heterocycles. The molecule has 1 N–H and O–H groups in total. The first-order chi connectivity index (χ1) is 9.66. The fourth-order valence-corrected chi connectivity index (χ4v) is 2.36. The Bertz CT molecular complexity index is 618. The van der Waals surface area contributed by atoms with Crippen molar-refractivity contribution in [2.45, 2.75) is 32.4 Å². The summed E-state index contributed by atoms with van der Waals surface area (Å²) < 4.78 is 5.38. The zero-order chi connectivity index (χ0) is 14.1. The molecule has 2 aromatic rings. The predicted molar refractivity (Wildman–Crippen MR) is 73.8 cm³/mol. The molecule has 5 heteroatoms. The molecule has 1 aliphatic rings. The molecule has 1 saturated carbocycles. The van der Waals surface area contributed by atoms with E-state index in [1.165, 1.54) is 0 Å². The predicted octanol–water partition coefficient (Wildman–Crippen LogP) is 2.85. The van der Waals surface area contributed by atoms with Crippen molar-refractivity contribution in [3.05, 3.63) is 47.5 Å². The minimum absolute atomic E-state index is 0.283. The summed E-state index contributed by atoms with van der Waals surface area (Å²) in [6, 6.07) is 5.81. The Morgan fingerprint density at radius 3 is 2.90 bits per heavy atom. The maximum atomic E-state index is 11.5. The van der Waals surface area contributed by atoms with Crippen LogP contribution in [0.5, 0.6) is 0 Å². The summed E-state index contributed by atoms with van der Waals surface area (Å²) in [5, 5.41) is 9.43. The lowest BCUT2D eigenvalue weighted by molar-refractivity contribution is 0.0696. The quantitative estimate of drug-likeness (QED) is 0.906. The SMILES string of the molecule is Cc1ccnc(N(Cc2ccco2)C2CC2)c1C(=O)O. The molecule has 0 amide bonds. The topological polar surface area (TPSA) is 66.6 Å². The van der Waals surface area contributed by atoms with Gasteiger partial charge in [-0.2, -0.15) is 0 Å². The summed E-state index contributed by atoms with van der Waals surface area (Å²) in [5.41, 5.74) is 1.01. The normalized spacial score (nSPS) is 14.2. The zero-order valence-electron chi connectivity index (χ0n) is 11.2. The molecule has 0 unspecified atom stereocenters. The first-order valence-corrected chi connectivity index (χ1v) is 6.64. The van der Waals surface area contributed by atoms with E-state index in [4.69, 9.17) is 4.42 Å². The Morgan fingerprint density at radius 2 is 2.30 bits per heavy atom. The molecule has 2 aromatic heterocycles. The highest BCUT2D eigenvalue weighted by molar-refractivity contribution is 5.95. The van der Waals surface area contributed by atoms with Crippen LogP contribution >= 0.6 is 0 Å². The molecule has 0 saturated heterocycles. The van der Waals surface area contributed by atoms with Crippen molar-refractivity contribution in [1.29, 1.82) is 0 Å². The standard InChI is InChI=1S/C15H16N2O3/c1-10-6-7-16-14(13(10)15(18)19)17(11-4-5-11)9-12-3-2-8-20-12/h2-3,6-8,11H,4-5,9H2,1H3,(H,18,19). The van der Waals surface area contributed by atoms with Gasteiger partial charge in [0.05, 0.1) is 12.8 Å². The maximum Gasteiger partial charge on any atom is 0.339 e. The minimum atomic E-state index is -0.935. The molecule has 1 fully saturated rings. The average Bonchev–Trinajstić information content (AvgIpc) is 3.12. The van der Waals surface area contributed by atoms with Crippen LogP contribution < -0.4 is 4.90 Å². The summed E-state index contributed by atoms with van der Waals surface area (Å²) in [6.45, 7) is 2.35. The van der Waals surface area contributed by atoms with Crippen molar-refractivity contribution < 1.29 is 14.3 Å². The number of pyridine rings is 1.